The van der Waals surface area contributed by atoms with E-state index in [0.29, 0.717) is 19.4 Å². The second-order valence-corrected chi connectivity index (χ2v) is 2.92. The van der Waals surface area contributed by atoms with Crippen LogP contribution in [0.2, 0.25) is 0 Å². The SMILES string of the molecule is C=CCCOC(CCCC)C(=O)O. The van der Waals surface area contributed by atoms with Crippen molar-refractivity contribution in [3.63, 3.8) is 0 Å². The van der Waals surface area contributed by atoms with Crippen LogP contribution in [0.15, 0.2) is 12.7 Å². The molecule has 0 aromatic heterocycles. The molecule has 3 heteroatoms. The summed E-state index contributed by atoms with van der Waals surface area (Å²) in [5.41, 5.74) is 0. The van der Waals surface area contributed by atoms with Crippen molar-refractivity contribution in [1.82, 2.24) is 0 Å². The van der Waals surface area contributed by atoms with Gasteiger partial charge in [-0.05, 0) is 12.8 Å². The van der Waals surface area contributed by atoms with Gasteiger partial charge in [0.2, 0.25) is 0 Å². The molecule has 0 aromatic carbocycles. The molecular formula is C10H18O3. The fourth-order valence-corrected chi connectivity index (χ4v) is 0.961. The third-order valence-electron chi connectivity index (χ3n) is 1.74. The minimum atomic E-state index is -0.863. The Morgan fingerprint density at radius 2 is 2.38 bits per heavy atom. The largest absolute Gasteiger partial charge is 0.479 e. The van der Waals surface area contributed by atoms with E-state index in [4.69, 9.17) is 9.84 Å². The molecule has 1 N–H and O–H groups in total. The van der Waals surface area contributed by atoms with E-state index in [1.807, 2.05) is 6.92 Å². The molecule has 0 saturated heterocycles. The van der Waals surface area contributed by atoms with Gasteiger partial charge in [-0.2, -0.15) is 0 Å². The molecule has 3 nitrogen and oxygen atoms in total. The zero-order valence-corrected chi connectivity index (χ0v) is 8.16. The van der Waals surface area contributed by atoms with Crippen LogP contribution in [0, 0.1) is 0 Å². The van der Waals surface area contributed by atoms with Crippen LogP contribution in [0.5, 0.6) is 0 Å². The number of unbranched alkanes of at least 4 members (excludes halogenated alkanes) is 1. The zero-order valence-electron chi connectivity index (χ0n) is 8.16. The number of hydrogen-bond acceptors (Lipinski definition) is 2. The molecule has 1 unspecified atom stereocenters. The Morgan fingerprint density at radius 1 is 1.69 bits per heavy atom. The fourth-order valence-electron chi connectivity index (χ4n) is 0.961. The molecule has 0 heterocycles. The van der Waals surface area contributed by atoms with Crippen LogP contribution < -0.4 is 0 Å². The maximum absolute atomic E-state index is 10.6. The van der Waals surface area contributed by atoms with Crippen LogP contribution in [0.4, 0.5) is 0 Å². The van der Waals surface area contributed by atoms with Crippen molar-refractivity contribution in [2.24, 2.45) is 0 Å². The monoisotopic (exact) mass is 186 g/mol. The molecule has 0 spiro atoms. The molecule has 0 radical (unpaired) electrons. The normalized spacial score (nSPS) is 12.4. The van der Waals surface area contributed by atoms with E-state index in [-0.39, 0.29) is 0 Å². The summed E-state index contributed by atoms with van der Waals surface area (Å²) in [6, 6.07) is 0. The highest BCUT2D eigenvalue weighted by Crippen LogP contribution is 2.05. The van der Waals surface area contributed by atoms with Crippen LogP contribution in [-0.4, -0.2) is 23.8 Å². The molecule has 0 aliphatic carbocycles. The molecule has 0 aliphatic heterocycles. The molecular weight excluding hydrogens is 168 g/mol. The van der Waals surface area contributed by atoms with Crippen molar-refractivity contribution in [2.45, 2.75) is 38.7 Å². The summed E-state index contributed by atoms with van der Waals surface area (Å²) in [5, 5.41) is 8.75. The summed E-state index contributed by atoms with van der Waals surface area (Å²) in [6.07, 6.45) is 4.27. The maximum atomic E-state index is 10.6. The number of hydrogen-bond donors (Lipinski definition) is 1. The summed E-state index contributed by atoms with van der Waals surface area (Å²) in [4.78, 5) is 10.6. The lowest BCUT2D eigenvalue weighted by atomic mass is 10.1. The third-order valence-corrected chi connectivity index (χ3v) is 1.74. The van der Waals surface area contributed by atoms with E-state index in [9.17, 15) is 4.79 Å². The Balaban J connectivity index is 3.66. The van der Waals surface area contributed by atoms with E-state index >= 15 is 0 Å². The molecule has 0 aromatic rings. The van der Waals surface area contributed by atoms with E-state index in [1.165, 1.54) is 0 Å². The lowest BCUT2D eigenvalue weighted by Crippen LogP contribution is -2.24. The van der Waals surface area contributed by atoms with Gasteiger partial charge in [-0.1, -0.05) is 25.8 Å². The molecule has 1 atom stereocenters. The Bertz CT molecular complexity index is 154. The second-order valence-electron chi connectivity index (χ2n) is 2.92. The molecule has 0 fully saturated rings. The number of ether oxygens (including phenoxy) is 1. The highest BCUT2D eigenvalue weighted by molar-refractivity contribution is 5.72. The van der Waals surface area contributed by atoms with Crippen LogP contribution in [-0.2, 0) is 9.53 Å². The molecule has 0 amide bonds. The average molecular weight is 186 g/mol. The quantitative estimate of drug-likeness (QED) is 0.467. The van der Waals surface area contributed by atoms with Crippen LogP contribution >= 0.6 is 0 Å². The van der Waals surface area contributed by atoms with Crippen molar-refractivity contribution >= 4 is 5.97 Å². The van der Waals surface area contributed by atoms with Crippen LogP contribution in [0.3, 0.4) is 0 Å². The standard InChI is InChI=1S/C10H18O3/c1-3-5-7-9(10(11)12)13-8-6-4-2/h4,9H,2-3,5-8H2,1H3,(H,11,12). The average Bonchev–Trinajstić information content (AvgIpc) is 2.10. The summed E-state index contributed by atoms with van der Waals surface area (Å²) in [6.45, 7) is 6.02. The lowest BCUT2D eigenvalue weighted by Gasteiger charge is -2.11. The maximum Gasteiger partial charge on any atom is 0.332 e. The smallest absolute Gasteiger partial charge is 0.332 e. The van der Waals surface area contributed by atoms with E-state index in [0.717, 1.165) is 12.8 Å². The van der Waals surface area contributed by atoms with Gasteiger partial charge in [-0.15, -0.1) is 6.58 Å². The fraction of sp³-hybridized carbons (Fsp3) is 0.700. The Kier molecular flexibility index (Phi) is 7.30. The second kappa shape index (κ2) is 7.80. The molecule has 76 valence electrons. The first kappa shape index (κ1) is 12.2. The predicted molar refractivity (Wildman–Crippen MR) is 51.7 cm³/mol. The Labute approximate surface area is 79.4 Å². The summed E-state index contributed by atoms with van der Waals surface area (Å²) < 4.78 is 5.18. The lowest BCUT2D eigenvalue weighted by molar-refractivity contribution is -0.150. The van der Waals surface area contributed by atoms with Crippen molar-refractivity contribution in [1.29, 1.82) is 0 Å². The number of aliphatic carboxylic acids is 1. The molecule has 0 bridgehead atoms. The molecule has 13 heavy (non-hydrogen) atoms. The van der Waals surface area contributed by atoms with E-state index in [2.05, 4.69) is 6.58 Å². The molecule has 0 saturated carbocycles. The number of rotatable bonds is 8. The number of carboxylic acid groups (broad SMARTS) is 1. The minimum Gasteiger partial charge on any atom is -0.479 e. The number of carboxylic acids is 1. The van der Waals surface area contributed by atoms with E-state index in [1.54, 1.807) is 6.08 Å². The highest BCUT2D eigenvalue weighted by atomic mass is 16.5. The van der Waals surface area contributed by atoms with Crippen LogP contribution in [0.1, 0.15) is 32.6 Å². The number of carbonyl (C=O) groups is 1. The van der Waals surface area contributed by atoms with Crippen molar-refractivity contribution in [2.75, 3.05) is 6.61 Å². The van der Waals surface area contributed by atoms with Crippen molar-refractivity contribution in [3.05, 3.63) is 12.7 Å². The Hall–Kier alpha value is -0.830. The van der Waals surface area contributed by atoms with Gasteiger partial charge in [0.05, 0.1) is 6.61 Å². The topological polar surface area (TPSA) is 46.5 Å². The zero-order chi connectivity index (χ0) is 10.1. The first-order valence-electron chi connectivity index (χ1n) is 4.67. The van der Waals surface area contributed by atoms with Crippen LogP contribution in [0.25, 0.3) is 0 Å². The summed E-state index contributed by atoms with van der Waals surface area (Å²) in [5.74, 6) is -0.863. The van der Waals surface area contributed by atoms with Gasteiger partial charge in [-0.3, -0.25) is 0 Å². The van der Waals surface area contributed by atoms with Crippen molar-refractivity contribution < 1.29 is 14.6 Å². The van der Waals surface area contributed by atoms with Gasteiger partial charge in [0.25, 0.3) is 0 Å². The van der Waals surface area contributed by atoms with Gasteiger partial charge in [0.15, 0.2) is 6.10 Å². The molecule has 0 aliphatic rings. The van der Waals surface area contributed by atoms with Gasteiger partial charge in [-0.25, -0.2) is 4.79 Å². The van der Waals surface area contributed by atoms with E-state index < -0.39 is 12.1 Å². The van der Waals surface area contributed by atoms with Gasteiger partial charge < -0.3 is 9.84 Å². The summed E-state index contributed by atoms with van der Waals surface area (Å²) >= 11 is 0. The third kappa shape index (κ3) is 6.34. The first-order valence-corrected chi connectivity index (χ1v) is 4.67. The Morgan fingerprint density at radius 3 is 2.85 bits per heavy atom. The minimum absolute atomic E-state index is 0.449. The van der Waals surface area contributed by atoms with Gasteiger partial charge in [0.1, 0.15) is 0 Å². The summed E-state index contributed by atoms with van der Waals surface area (Å²) in [7, 11) is 0. The first-order chi connectivity index (χ1) is 6.22. The highest BCUT2D eigenvalue weighted by Gasteiger charge is 2.16. The van der Waals surface area contributed by atoms with Gasteiger partial charge in [0, 0.05) is 0 Å². The van der Waals surface area contributed by atoms with Gasteiger partial charge >= 0.3 is 5.97 Å². The predicted octanol–water partition coefficient (Wildman–Crippen LogP) is 2.22. The van der Waals surface area contributed by atoms with Crippen molar-refractivity contribution in [3.8, 4) is 0 Å². The molecule has 0 rings (SSSR count).